The maximum Gasteiger partial charge on any atom is 0.0492 e. The molecule has 1 nitrogen and oxygen atoms in total. The molecule has 0 fully saturated rings. The molecule has 0 rings (SSSR count). The quantitative estimate of drug-likeness (QED) is 0.496. The Bertz CT molecular complexity index is 83.6. The Balaban J connectivity index is 3.15. The Morgan fingerprint density at radius 3 is 2.45 bits per heavy atom. The predicted octanol–water partition coefficient (Wildman–Crippen LogP) is 3.22. The number of ether oxygens (including phenoxy) is 1. The zero-order chi connectivity index (χ0) is 8.69. The standard InChI is InChI=1S/C9H19BrO/c1-4-5-11-7-8(2)6-9(3)10/h8-9H,4-7H2,1-3H3. The minimum atomic E-state index is 0.614. The Morgan fingerprint density at radius 2 is 2.00 bits per heavy atom. The van der Waals surface area contributed by atoms with Crippen molar-refractivity contribution in [2.75, 3.05) is 13.2 Å². The Morgan fingerprint density at radius 1 is 1.36 bits per heavy atom. The third kappa shape index (κ3) is 8.35. The van der Waals surface area contributed by atoms with E-state index in [2.05, 4.69) is 36.7 Å². The fourth-order valence-corrected chi connectivity index (χ4v) is 1.69. The van der Waals surface area contributed by atoms with E-state index in [0.29, 0.717) is 10.7 Å². The number of hydrogen-bond acceptors (Lipinski definition) is 1. The molecule has 0 N–H and O–H groups in total. The van der Waals surface area contributed by atoms with Gasteiger partial charge in [-0.05, 0) is 18.8 Å². The summed E-state index contributed by atoms with van der Waals surface area (Å²) in [6, 6.07) is 0. The molecule has 2 heteroatoms. The largest absolute Gasteiger partial charge is 0.381 e. The molecule has 0 spiro atoms. The molecule has 0 aliphatic heterocycles. The van der Waals surface area contributed by atoms with Crippen LogP contribution in [0.4, 0.5) is 0 Å². The van der Waals surface area contributed by atoms with Gasteiger partial charge in [-0.2, -0.15) is 0 Å². The molecule has 0 radical (unpaired) electrons. The van der Waals surface area contributed by atoms with E-state index in [0.717, 1.165) is 19.6 Å². The third-order valence-corrected chi connectivity index (χ3v) is 1.85. The van der Waals surface area contributed by atoms with Crippen LogP contribution in [0.3, 0.4) is 0 Å². The zero-order valence-electron chi connectivity index (χ0n) is 7.77. The van der Waals surface area contributed by atoms with Gasteiger partial charge in [0.2, 0.25) is 0 Å². The van der Waals surface area contributed by atoms with Gasteiger partial charge >= 0.3 is 0 Å². The fraction of sp³-hybridized carbons (Fsp3) is 1.00. The zero-order valence-corrected chi connectivity index (χ0v) is 9.36. The molecule has 0 heterocycles. The van der Waals surface area contributed by atoms with E-state index < -0.39 is 0 Å². The molecule has 0 aromatic carbocycles. The van der Waals surface area contributed by atoms with E-state index in [1.807, 2.05) is 0 Å². The first kappa shape index (κ1) is 11.4. The molecule has 68 valence electrons. The number of rotatable bonds is 6. The SMILES string of the molecule is CCCOCC(C)CC(C)Br. The van der Waals surface area contributed by atoms with Crippen LogP contribution in [0, 0.1) is 5.92 Å². The van der Waals surface area contributed by atoms with Crippen molar-refractivity contribution >= 4 is 15.9 Å². The van der Waals surface area contributed by atoms with Gasteiger partial charge in [0.25, 0.3) is 0 Å². The topological polar surface area (TPSA) is 9.23 Å². The minimum Gasteiger partial charge on any atom is -0.381 e. The Labute approximate surface area is 78.6 Å². The summed E-state index contributed by atoms with van der Waals surface area (Å²) in [4.78, 5) is 0.614. The number of alkyl halides is 1. The van der Waals surface area contributed by atoms with Gasteiger partial charge in [0, 0.05) is 18.0 Å². The molecular weight excluding hydrogens is 204 g/mol. The lowest BCUT2D eigenvalue weighted by Crippen LogP contribution is -2.09. The van der Waals surface area contributed by atoms with Gasteiger partial charge in [0.05, 0.1) is 0 Å². The lowest BCUT2D eigenvalue weighted by Gasteiger charge is -2.12. The molecule has 11 heavy (non-hydrogen) atoms. The van der Waals surface area contributed by atoms with Crippen LogP contribution < -0.4 is 0 Å². The van der Waals surface area contributed by atoms with E-state index in [-0.39, 0.29) is 0 Å². The molecule has 0 saturated heterocycles. The smallest absolute Gasteiger partial charge is 0.0492 e. The van der Waals surface area contributed by atoms with Gasteiger partial charge in [-0.25, -0.2) is 0 Å². The van der Waals surface area contributed by atoms with Crippen molar-refractivity contribution in [3.05, 3.63) is 0 Å². The molecule has 0 bridgehead atoms. The molecule has 0 aliphatic rings. The van der Waals surface area contributed by atoms with Gasteiger partial charge in [0.15, 0.2) is 0 Å². The van der Waals surface area contributed by atoms with E-state index >= 15 is 0 Å². The summed E-state index contributed by atoms with van der Waals surface area (Å²) >= 11 is 3.53. The van der Waals surface area contributed by atoms with Crippen molar-refractivity contribution in [1.82, 2.24) is 0 Å². The summed E-state index contributed by atoms with van der Waals surface area (Å²) in [5.41, 5.74) is 0. The lowest BCUT2D eigenvalue weighted by molar-refractivity contribution is 0.103. The van der Waals surface area contributed by atoms with Gasteiger partial charge in [-0.3, -0.25) is 0 Å². The Hall–Kier alpha value is 0.440. The molecule has 0 aliphatic carbocycles. The van der Waals surface area contributed by atoms with Gasteiger partial charge in [-0.15, -0.1) is 0 Å². The highest BCUT2D eigenvalue weighted by atomic mass is 79.9. The minimum absolute atomic E-state index is 0.614. The molecule has 0 saturated carbocycles. The van der Waals surface area contributed by atoms with Gasteiger partial charge in [-0.1, -0.05) is 36.7 Å². The second-order valence-electron chi connectivity index (χ2n) is 3.20. The van der Waals surface area contributed by atoms with Crippen molar-refractivity contribution in [2.24, 2.45) is 5.92 Å². The monoisotopic (exact) mass is 222 g/mol. The average Bonchev–Trinajstić information content (AvgIpc) is 1.86. The van der Waals surface area contributed by atoms with Crippen LogP contribution in [-0.2, 0) is 4.74 Å². The van der Waals surface area contributed by atoms with Crippen LogP contribution in [0.1, 0.15) is 33.6 Å². The van der Waals surface area contributed by atoms with Crippen molar-refractivity contribution in [2.45, 2.75) is 38.4 Å². The van der Waals surface area contributed by atoms with Crippen molar-refractivity contribution in [3.63, 3.8) is 0 Å². The van der Waals surface area contributed by atoms with E-state index in [4.69, 9.17) is 4.74 Å². The van der Waals surface area contributed by atoms with Crippen LogP contribution in [0.15, 0.2) is 0 Å². The van der Waals surface area contributed by atoms with Crippen LogP contribution in [0.2, 0.25) is 0 Å². The molecule has 0 aromatic heterocycles. The third-order valence-electron chi connectivity index (χ3n) is 1.48. The highest BCUT2D eigenvalue weighted by Crippen LogP contribution is 2.12. The van der Waals surface area contributed by atoms with Crippen LogP contribution >= 0.6 is 15.9 Å². The summed E-state index contributed by atoms with van der Waals surface area (Å²) in [5.74, 6) is 0.677. The number of halogens is 1. The average molecular weight is 223 g/mol. The second-order valence-corrected chi connectivity index (χ2v) is 4.76. The van der Waals surface area contributed by atoms with Gasteiger partial charge < -0.3 is 4.74 Å². The summed E-state index contributed by atoms with van der Waals surface area (Å²) in [6.07, 6.45) is 2.32. The fourth-order valence-electron chi connectivity index (χ4n) is 1.05. The van der Waals surface area contributed by atoms with Gasteiger partial charge in [0.1, 0.15) is 0 Å². The summed E-state index contributed by atoms with van der Waals surface area (Å²) in [6.45, 7) is 8.35. The maximum atomic E-state index is 5.42. The van der Waals surface area contributed by atoms with Crippen molar-refractivity contribution in [3.8, 4) is 0 Å². The maximum absolute atomic E-state index is 5.42. The Kier molecular flexibility index (Phi) is 7.39. The van der Waals surface area contributed by atoms with Crippen molar-refractivity contribution in [1.29, 1.82) is 0 Å². The van der Waals surface area contributed by atoms with E-state index in [9.17, 15) is 0 Å². The lowest BCUT2D eigenvalue weighted by atomic mass is 10.1. The predicted molar refractivity (Wildman–Crippen MR) is 53.3 cm³/mol. The number of hydrogen-bond donors (Lipinski definition) is 0. The highest BCUT2D eigenvalue weighted by molar-refractivity contribution is 9.09. The summed E-state index contributed by atoms with van der Waals surface area (Å²) in [7, 11) is 0. The van der Waals surface area contributed by atoms with Crippen LogP contribution in [-0.4, -0.2) is 18.0 Å². The normalized spacial score (nSPS) is 16.4. The second kappa shape index (κ2) is 7.11. The van der Waals surface area contributed by atoms with Crippen LogP contribution in [0.5, 0.6) is 0 Å². The molecule has 2 atom stereocenters. The summed E-state index contributed by atoms with van der Waals surface area (Å²) in [5, 5.41) is 0. The first-order valence-electron chi connectivity index (χ1n) is 4.38. The first-order chi connectivity index (χ1) is 5.16. The van der Waals surface area contributed by atoms with Crippen LogP contribution in [0.25, 0.3) is 0 Å². The summed E-state index contributed by atoms with van der Waals surface area (Å²) < 4.78 is 5.42. The molecule has 0 amide bonds. The van der Waals surface area contributed by atoms with Crippen molar-refractivity contribution < 1.29 is 4.74 Å². The first-order valence-corrected chi connectivity index (χ1v) is 5.30. The molecular formula is C9H19BrO. The highest BCUT2D eigenvalue weighted by Gasteiger charge is 2.05. The molecule has 0 aromatic rings. The van der Waals surface area contributed by atoms with E-state index in [1.54, 1.807) is 0 Å². The van der Waals surface area contributed by atoms with E-state index in [1.165, 1.54) is 6.42 Å². The molecule has 2 unspecified atom stereocenters.